The number of benzene rings is 5. The summed E-state index contributed by atoms with van der Waals surface area (Å²) in [6, 6.07) is 30.0. The van der Waals surface area contributed by atoms with Crippen molar-refractivity contribution in [3.8, 4) is 16.9 Å². The van der Waals surface area contributed by atoms with Crippen molar-refractivity contribution in [2.75, 3.05) is 0 Å². The molecule has 1 heterocycles. The topological polar surface area (TPSA) is 33.1 Å². The number of fused-ring (bicyclic) bond motifs is 4. The van der Waals surface area contributed by atoms with Gasteiger partial charge in [-0.2, -0.15) is 0 Å². The molecule has 0 unspecified atom stereocenters. The van der Waals surface area contributed by atoms with E-state index in [1.54, 1.807) is 0 Å². The van der Waals surface area contributed by atoms with Crippen molar-refractivity contribution < 1.29 is 5.11 Å². The number of nitrogens with zero attached hydrogens (tertiary/aromatic N) is 1. The summed E-state index contributed by atoms with van der Waals surface area (Å²) in [4.78, 5) is 4.98. The number of aromatic hydroxyl groups is 1. The third-order valence-corrected chi connectivity index (χ3v) is 7.66. The zero-order valence-electron chi connectivity index (χ0n) is 22.5. The van der Waals surface area contributed by atoms with Gasteiger partial charge >= 0.3 is 0 Å². The van der Waals surface area contributed by atoms with Crippen LogP contribution in [0.2, 0.25) is 0 Å². The van der Waals surface area contributed by atoms with Gasteiger partial charge in [0.2, 0.25) is 0 Å². The van der Waals surface area contributed by atoms with E-state index in [4.69, 9.17) is 4.98 Å². The fourth-order valence-corrected chi connectivity index (χ4v) is 5.52. The zero-order valence-corrected chi connectivity index (χ0v) is 22.5. The summed E-state index contributed by atoms with van der Waals surface area (Å²) in [6.45, 7) is 13.3. The highest BCUT2D eigenvalue weighted by atomic mass is 16.3. The quantitative estimate of drug-likeness (QED) is 0.236. The van der Waals surface area contributed by atoms with Gasteiger partial charge < -0.3 is 5.11 Å². The lowest BCUT2D eigenvalue weighted by Crippen LogP contribution is -2.11. The van der Waals surface area contributed by atoms with E-state index in [1.807, 2.05) is 12.1 Å². The summed E-state index contributed by atoms with van der Waals surface area (Å²) in [7, 11) is 0. The number of phenols is 1. The molecule has 2 nitrogen and oxygen atoms in total. The molecule has 0 saturated heterocycles. The summed E-state index contributed by atoms with van der Waals surface area (Å²) in [5.74, 6) is 0.355. The fraction of sp³-hybridized carbons (Fsp3) is 0.229. The smallest absolute Gasteiger partial charge is 0.131 e. The third kappa shape index (κ3) is 3.74. The molecule has 0 aliphatic carbocycles. The molecule has 0 aliphatic heterocycles. The van der Waals surface area contributed by atoms with E-state index in [9.17, 15) is 5.11 Å². The van der Waals surface area contributed by atoms with Crippen LogP contribution in [0.3, 0.4) is 0 Å². The summed E-state index contributed by atoms with van der Waals surface area (Å²) in [5.41, 5.74) is 6.63. The summed E-state index contributed by atoms with van der Waals surface area (Å²) < 4.78 is 0. The van der Waals surface area contributed by atoms with Gasteiger partial charge in [-0.15, -0.1) is 0 Å². The molecule has 0 spiro atoms. The Morgan fingerprint density at radius 2 is 0.892 bits per heavy atom. The molecule has 2 heteroatoms. The van der Waals surface area contributed by atoms with Crippen LogP contribution in [0.15, 0.2) is 84.9 Å². The molecule has 0 saturated carbocycles. The molecular formula is C35H33NO. The second-order valence-electron chi connectivity index (χ2n) is 12.3. The molecule has 0 radical (unpaired) electrons. The largest absolute Gasteiger partial charge is 0.507 e. The lowest BCUT2D eigenvalue weighted by molar-refractivity contribution is 0.487. The van der Waals surface area contributed by atoms with Crippen molar-refractivity contribution >= 4 is 43.4 Å². The number of phenolic OH excluding ortho intramolecular Hbond substituents is 1. The van der Waals surface area contributed by atoms with Crippen LogP contribution in [0.1, 0.15) is 52.7 Å². The maximum absolute atomic E-state index is 11.8. The van der Waals surface area contributed by atoms with Crippen LogP contribution in [0.25, 0.3) is 54.5 Å². The highest BCUT2D eigenvalue weighted by Gasteiger charge is 2.23. The first-order valence-corrected chi connectivity index (χ1v) is 13.1. The number of pyridine rings is 1. The predicted molar refractivity (Wildman–Crippen MR) is 159 cm³/mol. The van der Waals surface area contributed by atoms with Crippen LogP contribution < -0.4 is 0 Å². The Hall–Kier alpha value is -3.91. The zero-order chi connectivity index (χ0) is 26.1. The predicted octanol–water partition coefficient (Wildman–Crippen LogP) is 9.66. The number of aromatic nitrogens is 1. The molecule has 0 aliphatic rings. The number of para-hydroxylation sites is 2. The van der Waals surface area contributed by atoms with Gasteiger partial charge in [-0.3, -0.25) is 0 Å². The van der Waals surface area contributed by atoms with Crippen molar-refractivity contribution in [3.05, 3.63) is 96.1 Å². The van der Waals surface area contributed by atoms with E-state index in [0.717, 1.165) is 48.9 Å². The highest BCUT2D eigenvalue weighted by molar-refractivity contribution is 6.24. The molecule has 0 amide bonds. The van der Waals surface area contributed by atoms with Crippen LogP contribution in [0.5, 0.6) is 5.75 Å². The van der Waals surface area contributed by atoms with Gasteiger partial charge in [-0.1, -0.05) is 102 Å². The van der Waals surface area contributed by atoms with Gasteiger partial charge in [0.25, 0.3) is 0 Å². The Bertz CT molecular complexity index is 1720. The molecule has 37 heavy (non-hydrogen) atoms. The van der Waals surface area contributed by atoms with E-state index < -0.39 is 0 Å². The van der Waals surface area contributed by atoms with E-state index in [1.165, 1.54) is 16.7 Å². The second kappa shape index (κ2) is 8.05. The summed E-state index contributed by atoms with van der Waals surface area (Å²) >= 11 is 0. The molecule has 0 fully saturated rings. The van der Waals surface area contributed by atoms with Gasteiger partial charge in [0.15, 0.2) is 0 Å². The van der Waals surface area contributed by atoms with E-state index in [2.05, 4.69) is 114 Å². The molecule has 0 atom stereocenters. The van der Waals surface area contributed by atoms with Crippen LogP contribution in [-0.4, -0.2) is 10.1 Å². The number of hydrogen-bond donors (Lipinski definition) is 1. The van der Waals surface area contributed by atoms with Crippen molar-refractivity contribution in [1.29, 1.82) is 0 Å². The Morgan fingerprint density at radius 3 is 1.32 bits per heavy atom. The number of hydrogen-bond acceptors (Lipinski definition) is 2. The summed E-state index contributed by atoms with van der Waals surface area (Å²) in [5, 5.41) is 17.9. The van der Waals surface area contributed by atoms with Crippen LogP contribution in [-0.2, 0) is 10.8 Å². The van der Waals surface area contributed by atoms with Gasteiger partial charge in [0.05, 0.1) is 11.0 Å². The monoisotopic (exact) mass is 483 g/mol. The van der Waals surface area contributed by atoms with Crippen LogP contribution >= 0.6 is 0 Å². The minimum atomic E-state index is -0.0287. The van der Waals surface area contributed by atoms with Gasteiger partial charge in [0.1, 0.15) is 5.75 Å². The fourth-order valence-electron chi connectivity index (χ4n) is 5.52. The maximum Gasteiger partial charge on any atom is 0.131 e. The minimum Gasteiger partial charge on any atom is -0.507 e. The molecular weight excluding hydrogens is 450 g/mol. The molecule has 1 aromatic heterocycles. The van der Waals surface area contributed by atoms with Gasteiger partial charge in [0, 0.05) is 27.1 Å². The van der Waals surface area contributed by atoms with E-state index >= 15 is 0 Å². The first kappa shape index (κ1) is 23.5. The highest BCUT2D eigenvalue weighted by Crippen LogP contribution is 2.48. The Balaban J connectivity index is 1.88. The second-order valence-corrected chi connectivity index (χ2v) is 12.3. The first-order chi connectivity index (χ1) is 17.5. The lowest BCUT2D eigenvalue weighted by Gasteiger charge is -2.24. The molecule has 6 rings (SSSR count). The maximum atomic E-state index is 11.8. The molecule has 184 valence electrons. The van der Waals surface area contributed by atoms with Crippen molar-refractivity contribution in [2.24, 2.45) is 0 Å². The Kier molecular flexibility index (Phi) is 5.11. The average Bonchev–Trinajstić information content (AvgIpc) is 2.86. The lowest BCUT2D eigenvalue weighted by atomic mass is 9.81. The SMILES string of the molecule is CC(C)(C)c1ccc2c(-c3c4ccccc4nc4ccccc34)c3ccc(C(C)(C)C)cc3c(O)c2c1. The van der Waals surface area contributed by atoms with Crippen molar-refractivity contribution in [1.82, 2.24) is 4.98 Å². The minimum absolute atomic E-state index is 0.0287. The van der Waals surface area contributed by atoms with Crippen molar-refractivity contribution in [2.45, 2.75) is 52.4 Å². The molecule has 6 aromatic rings. The van der Waals surface area contributed by atoms with Gasteiger partial charge in [-0.25, -0.2) is 4.98 Å². The Morgan fingerprint density at radius 1 is 0.486 bits per heavy atom. The van der Waals surface area contributed by atoms with Crippen LogP contribution in [0, 0.1) is 0 Å². The first-order valence-electron chi connectivity index (χ1n) is 13.1. The van der Waals surface area contributed by atoms with Crippen LogP contribution in [0.4, 0.5) is 0 Å². The molecule has 5 aromatic carbocycles. The Labute approximate surface area is 218 Å². The van der Waals surface area contributed by atoms with E-state index in [-0.39, 0.29) is 10.8 Å². The molecule has 1 N–H and O–H groups in total. The average molecular weight is 484 g/mol. The summed E-state index contributed by atoms with van der Waals surface area (Å²) in [6.07, 6.45) is 0. The third-order valence-electron chi connectivity index (χ3n) is 7.66. The molecule has 0 bridgehead atoms. The standard InChI is InChI=1S/C35H33NO/c1-34(2,3)21-15-17-23-27(19-21)33(37)28-20-22(35(4,5)6)16-18-24(28)31(23)32-25-11-7-9-13-29(25)36-30-14-10-8-12-26(30)32/h7-20,37H,1-6H3. The normalized spacial score (nSPS) is 12.7. The number of rotatable bonds is 1. The van der Waals surface area contributed by atoms with Gasteiger partial charge in [-0.05, 0) is 62.6 Å². The van der Waals surface area contributed by atoms with E-state index in [0.29, 0.717) is 5.75 Å². The van der Waals surface area contributed by atoms with Crippen molar-refractivity contribution in [3.63, 3.8) is 0 Å².